The number of amides is 1. The summed E-state index contributed by atoms with van der Waals surface area (Å²) in [6, 6.07) is 0.802. The highest BCUT2D eigenvalue weighted by Gasteiger charge is 2.32. The molecule has 0 fully saturated rings. The van der Waals surface area contributed by atoms with Gasteiger partial charge in [-0.2, -0.15) is 13.2 Å². The van der Waals surface area contributed by atoms with E-state index in [1.807, 2.05) is 20.8 Å². The molecule has 1 aromatic heterocycles. The maximum Gasteiger partial charge on any atom is 0.433 e. The fourth-order valence-corrected chi connectivity index (χ4v) is 1.80. The summed E-state index contributed by atoms with van der Waals surface area (Å²) >= 11 is 0.878. The molecule has 1 rings (SSSR count). The highest BCUT2D eigenvalue weighted by atomic mass is 32.2. The molecule has 1 aromatic rings. The number of nitrogens with one attached hydrogen (secondary N) is 1. The molecule has 4 nitrogen and oxygen atoms in total. The second-order valence-electron chi connectivity index (χ2n) is 4.61. The number of carbonyl (C=O) groups is 1. The number of halogens is 3. The third kappa shape index (κ3) is 5.36. The smallest absolute Gasteiger partial charge is 0.353 e. The summed E-state index contributed by atoms with van der Waals surface area (Å²) in [6.07, 6.45) is -3.47. The van der Waals surface area contributed by atoms with Crippen LogP contribution in [0, 0.1) is 5.92 Å². The Kier molecular flexibility index (Phi) is 5.79. The zero-order valence-corrected chi connectivity index (χ0v) is 12.2. The van der Waals surface area contributed by atoms with Gasteiger partial charge < -0.3 is 5.32 Å². The van der Waals surface area contributed by atoms with Crippen LogP contribution in [0.3, 0.4) is 0 Å². The van der Waals surface area contributed by atoms with Crippen LogP contribution in [0.5, 0.6) is 0 Å². The summed E-state index contributed by atoms with van der Waals surface area (Å²) in [5, 5.41) is 2.69. The highest BCUT2D eigenvalue weighted by molar-refractivity contribution is 7.99. The molecule has 0 radical (unpaired) electrons. The Balaban J connectivity index is 2.56. The molecule has 0 saturated heterocycles. The van der Waals surface area contributed by atoms with Gasteiger partial charge in [-0.05, 0) is 18.9 Å². The van der Waals surface area contributed by atoms with Crippen molar-refractivity contribution >= 4 is 17.7 Å². The third-order valence-electron chi connectivity index (χ3n) is 2.64. The van der Waals surface area contributed by atoms with Crippen LogP contribution in [0.15, 0.2) is 17.4 Å². The van der Waals surface area contributed by atoms with Gasteiger partial charge in [0.1, 0.15) is 5.69 Å². The first-order valence-corrected chi connectivity index (χ1v) is 7.01. The molecule has 0 spiro atoms. The van der Waals surface area contributed by atoms with Gasteiger partial charge >= 0.3 is 6.18 Å². The zero-order chi connectivity index (χ0) is 15.3. The lowest BCUT2D eigenvalue weighted by Gasteiger charge is -2.17. The van der Waals surface area contributed by atoms with Gasteiger partial charge in [-0.1, -0.05) is 25.6 Å². The highest BCUT2D eigenvalue weighted by Crippen LogP contribution is 2.28. The minimum absolute atomic E-state index is 0.00512. The van der Waals surface area contributed by atoms with Gasteiger partial charge in [0.15, 0.2) is 5.16 Å². The number of carbonyl (C=O) groups excluding carboxylic acids is 1. The second-order valence-corrected chi connectivity index (χ2v) is 5.55. The van der Waals surface area contributed by atoms with Crippen molar-refractivity contribution < 1.29 is 18.0 Å². The molecular formula is C12H16F3N3OS. The van der Waals surface area contributed by atoms with Gasteiger partial charge in [-0.25, -0.2) is 9.97 Å². The fraction of sp³-hybridized carbons (Fsp3) is 0.583. The molecule has 8 heteroatoms. The van der Waals surface area contributed by atoms with Crippen molar-refractivity contribution in [2.24, 2.45) is 5.92 Å². The summed E-state index contributed by atoms with van der Waals surface area (Å²) in [7, 11) is 0. The maximum atomic E-state index is 12.4. The normalized spacial score (nSPS) is 13.3. The van der Waals surface area contributed by atoms with E-state index in [2.05, 4.69) is 15.3 Å². The van der Waals surface area contributed by atoms with Gasteiger partial charge in [0.05, 0.1) is 5.75 Å². The molecular weight excluding hydrogens is 291 g/mol. The van der Waals surface area contributed by atoms with Crippen molar-refractivity contribution in [1.82, 2.24) is 15.3 Å². The molecule has 0 saturated carbocycles. The van der Waals surface area contributed by atoms with Crippen LogP contribution < -0.4 is 5.32 Å². The fourth-order valence-electron chi connectivity index (χ4n) is 1.16. The van der Waals surface area contributed by atoms with E-state index in [1.165, 1.54) is 0 Å². The van der Waals surface area contributed by atoms with Crippen LogP contribution in [0.1, 0.15) is 26.5 Å². The Hall–Kier alpha value is -1.31. The number of thioether (sulfide) groups is 1. The molecule has 1 amide bonds. The first kappa shape index (κ1) is 16.7. The van der Waals surface area contributed by atoms with Gasteiger partial charge in [0, 0.05) is 12.2 Å². The lowest BCUT2D eigenvalue weighted by Crippen LogP contribution is -2.37. The Morgan fingerprint density at radius 3 is 2.60 bits per heavy atom. The predicted molar refractivity (Wildman–Crippen MR) is 70.2 cm³/mol. The van der Waals surface area contributed by atoms with Crippen molar-refractivity contribution in [1.29, 1.82) is 0 Å². The first-order valence-electron chi connectivity index (χ1n) is 6.02. The molecule has 0 aromatic carbocycles. The van der Waals surface area contributed by atoms with E-state index in [1.54, 1.807) is 0 Å². The van der Waals surface area contributed by atoms with E-state index in [0.717, 1.165) is 24.0 Å². The molecule has 0 aliphatic rings. The van der Waals surface area contributed by atoms with Crippen molar-refractivity contribution in [2.45, 2.75) is 38.1 Å². The molecule has 112 valence electrons. The quantitative estimate of drug-likeness (QED) is 0.671. The number of aromatic nitrogens is 2. The van der Waals surface area contributed by atoms with E-state index in [9.17, 15) is 18.0 Å². The average Bonchev–Trinajstić information content (AvgIpc) is 2.35. The van der Waals surface area contributed by atoms with Crippen LogP contribution in [0.25, 0.3) is 0 Å². The minimum Gasteiger partial charge on any atom is -0.353 e. The molecule has 1 unspecified atom stereocenters. The third-order valence-corrected chi connectivity index (χ3v) is 3.51. The molecule has 0 bridgehead atoms. The summed E-state index contributed by atoms with van der Waals surface area (Å²) < 4.78 is 37.3. The number of alkyl halides is 3. The second kappa shape index (κ2) is 6.92. The molecule has 0 aliphatic carbocycles. The van der Waals surface area contributed by atoms with Crippen molar-refractivity contribution in [3.63, 3.8) is 0 Å². The first-order chi connectivity index (χ1) is 9.20. The number of nitrogens with zero attached hydrogens (tertiary/aromatic N) is 2. The van der Waals surface area contributed by atoms with E-state index >= 15 is 0 Å². The molecule has 1 N–H and O–H groups in total. The molecule has 1 atom stereocenters. The Bertz CT molecular complexity index is 466. The Morgan fingerprint density at radius 2 is 2.05 bits per heavy atom. The SMILES string of the molecule is CC(C)C(C)NC(=O)CSc1nccc(C(F)(F)F)n1. The van der Waals surface area contributed by atoms with Crippen molar-refractivity contribution in [3.8, 4) is 0 Å². The van der Waals surface area contributed by atoms with Gasteiger partial charge in [0.25, 0.3) is 0 Å². The predicted octanol–water partition coefficient (Wildman–Crippen LogP) is 2.75. The molecule has 20 heavy (non-hydrogen) atoms. The monoisotopic (exact) mass is 307 g/mol. The standard InChI is InChI=1S/C12H16F3N3OS/c1-7(2)8(3)17-10(19)6-20-11-16-5-4-9(18-11)12(13,14)15/h4-5,7-8H,6H2,1-3H3,(H,17,19). The van der Waals surface area contributed by atoms with E-state index < -0.39 is 11.9 Å². The largest absolute Gasteiger partial charge is 0.433 e. The number of hydrogen-bond acceptors (Lipinski definition) is 4. The lowest BCUT2D eigenvalue weighted by molar-refractivity contribution is -0.141. The molecule has 0 aliphatic heterocycles. The minimum atomic E-state index is -4.51. The van der Waals surface area contributed by atoms with Crippen LogP contribution in [0.2, 0.25) is 0 Å². The number of hydrogen-bond donors (Lipinski definition) is 1. The molecule has 1 heterocycles. The number of rotatable bonds is 5. The zero-order valence-electron chi connectivity index (χ0n) is 11.4. The Labute approximate surface area is 119 Å². The Morgan fingerprint density at radius 1 is 1.40 bits per heavy atom. The van der Waals surface area contributed by atoms with E-state index in [4.69, 9.17) is 0 Å². The van der Waals surface area contributed by atoms with E-state index in [-0.39, 0.29) is 28.8 Å². The van der Waals surface area contributed by atoms with Crippen molar-refractivity contribution in [2.75, 3.05) is 5.75 Å². The summed E-state index contributed by atoms with van der Waals surface area (Å²) in [5.74, 6) is 0.0178. The summed E-state index contributed by atoms with van der Waals surface area (Å²) in [6.45, 7) is 5.80. The van der Waals surface area contributed by atoms with Gasteiger partial charge in [-0.3, -0.25) is 4.79 Å². The van der Waals surface area contributed by atoms with Crippen LogP contribution in [-0.2, 0) is 11.0 Å². The van der Waals surface area contributed by atoms with Gasteiger partial charge in [-0.15, -0.1) is 0 Å². The summed E-state index contributed by atoms with van der Waals surface area (Å²) in [4.78, 5) is 18.7. The van der Waals surface area contributed by atoms with Crippen LogP contribution in [-0.4, -0.2) is 27.7 Å². The van der Waals surface area contributed by atoms with Crippen molar-refractivity contribution in [3.05, 3.63) is 18.0 Å². The van der Waals surface area contributed by atoms with Crippen LogP contribution >= 0.6 is 11.8 Å². The average molecular weight is 307 g/mol. The lowest BCUT2D eigenvalue weighted by atomic mass is 10.1. The van der Waals surface area contributed by atoms with Gasteiger partial charge in [0.2, 0.25) is 5.91 Å². The van der Waals surface area contributed by atoms with E-state index in [0.29, 0.717) is 0 Å². The topological polar surface area (TPSA) is 54.9 Å². The summed E-state index contributed by atoms with van der Waals surface area (Å²) in [5.41, 5.74) is -1.01. The van der Waals surface area contributed by atoms with Crippen LogP contribution in [0.4, 0.5) is 13.2 Å². The maximum absolute atomic E-state index is 12.4.